The van der Waals surface area contributed by atoms with Crippen LogP contribution in [0.2, 0.25) is 0 Å². The second kappa shape index (κ2) is 4.97. The Hall–Kier alpha value is -1.35. The monoisotopic (exact) mass is 260 g/mol. The van der Waals surface area contributed by atoms with Gasteiger partial charge in [-0.3, -0.25) is 10.1 Å². The minimum atomic E-state index is 0.0207. The predicted octanol–water partition coefficient (Wildman–Crippen LogP) is 2.78. The van der Waals surface area contributed by atoms with E-state index in [0.717, 1.165) is 6.54 Å². The minimum absolute atomic E-state index is 0.0207. The molecule has 0 aromatic heterocycles. The Morgan fingerprint density at radius 3 is 2.58 bits per heavy atom. The van der Waals surface area contributed by atoms with Gasteiger partial charge in [0.25, 0.3) is 0 Å². The molecule has 0 bridgehead atoms. The molecule has 1 aromatic carbocycles. The number of rotatable bonds is 2. The van der Waals surface area contributed by atoms with Gasteiger partial charge in [0.05, 0.1) is 6.54 Å². The minimum Gasteiger partial charge on any atom is -0.321 e. The highest BCUT2D eigenvalue weighted by Crippen LogP contribution is 2.29. The Balaban J connectivity index is 2.29. The number of carbonyl (C=O) groups excluding carboxylic acids is 1. The number of carbonyl (C=O) groups is 1. The van der Waals surface area contributed by atoms with Gasteiger partial charge < -0.3 is 4.90 Å². The highest BCUT2D eigenvalue weighted by molar-refractivity contribution is 5.81. The van der Waals surface area contributed by atoms with Gasteiger partial charge in [-0.2, -0.15) is 0 Å². The Bertz CT molecular complexity index is 488. The summed E-state index contributed by atoms with van der Waals surface area (Å²) in [6, 6.07) is 6.42. The van der Waals surface area contributed by atoms with E-state index in [9.17, 15) is 4.79 Å². The molecule has 1 aliphatic heterocycles. The molecule has 1 unspecified atom stereocenters. The van der Waals surface area contributed by atoms with Crippen LogP contribution in [0.5, 0.6) is 0 Å². The molecule has 1 N–H and O–H groups in total. The first-order chi connectivity index (χ1) is 8.78. The Morgan fingerprint density at radius 1 is 1.32 bits per heavy atom. The third-order valence-electron chi connectivity index (χ3n) is 3.44. The van der Waals surface area contributed by atoms with Crippen molar-refractivity contribution < 1.29 is 4.79 Å². The second-order valence-corrected chi connectivity index (χ2v) is 6.73. The Morgan fingerprint density at radius 2 is 2.00 bits per heavy atom. The average Bonchev–Trinajstić information content (AvgIpc) is 2.59. The van der Waals surface area contributed by atoms with E-state index in [1.54, 1.807) is 0 Å². The van der Waals surface area contributed by atoms with E-state index in [2.05, 4.69) is 58.1 Å². The zero-order valence-electron chi connectivity index (χ0n) is 12.6. The highest BCUT2D eigenvalue weighted by atomic mass is 16.2. The van der Waals surface area contributed by atoms with Gasteiger partial charge in [-0.1, -0.05) is 44.5 Å². The van der Waals surface area contributed by atoms with Crippen LogP contribution in [0.25, 0.3) is 0 Å². The van der Waals surface area contributed by atoms with E-state index in [1.165, 1.54) is 16.7 Å². The van der Waals surface area contributed by atoms with Gasteiger partial charge in [-0.15, -0.1) is 0 Å². The van der Waals surface area contributed by atoms with Crippen LogP contribution in [0.4, 0.5) is 0 Å². The molecule has 2 rings (SSSR count). The molecule has 3 nitrogen and oxygen atoms in total. The van der Waals surface area contributed by atoms with E-state index in [0.29, 0.717) is 6.54 Å². The molecule has 1 amide bonds. The van der Waals surface area contributed by atoms with Crippen molar-refractivity contribution in [3.8, 4) is 0 Å². The lowest BCUT2D eigenvalue weighted by Crippen LogP contribution is -2.37. The number of benzene rings is 1. The molecule has 104 valence electrons. The molecule has 0 aliphatic carbocycles. The van der Waals surface area contributed by atoms with Crippen molar-refractivity contribution in [2.75, 3.05) is 13.1 Å². The van der Waals surface area contributed by atoms with Crippen molar-refractivity contribution in [1.82, 2.24) is 10.2 Å². The fourth-order valence-electron chi connectivity index (χ4n) is 2.64. The second-order valence-electron chi connectivity index (χ2n) is 6.73. The molecule has 1 aliphatic rings. The fourth-order valence-corrected chi connectivity index (χ4v) is 2.64. The molecule has 3 heteroatoms. The molecule has 1 saturated heterocycles. The molecule has 1 atom stereocenters. The summed E-state index contributed by atoms with van der Waals surface area (Å²) in [5.41, 5.74) is 3.82. The van der Waals surface area contributed by atoms with Gasteiger partial charge in [0.1, 0.15) is 6.17 Å². The molecule has 19 heavy (non-hydrogen) atoms. The molecule has 0 saturated carbocycles. The summed E-state index contributed by atoms with van der Waals surface area (Å²) >= 11 is 0. The lowest BCUT2D eigenvalue weighted by atomic mass is 9.95. The molecule has 1 heterocycles. The SMILES string of the molecule is Cc1ccc(C2NCC(=O)N2CC(C)(C)C)c(C)c1. The van der Waals surface area contributed by atoms with Crippen LogP contribution in [0.15, 0.2) is 18.2 Å². The number of nitrogens with one attached hydrogen (secondary N) is 1. The smallest absolute Gasteiger partial charge is 0.238 e. The topological polar surface area (TPSA) is 32.3 Å². The maximum Gasteiger partial charge on any atom is 0.238 e. The van der Waals surface area contributed by atoms with Crippen LogP contribution in [-0.2, 0) is 4.79 Å². The number of hydrogen-bond donors (Lipinski definition) is 1. The van der Waals surface area contributed by atoms with Gasteiger partial charge in [-0.25, -0.2) is 0 Å². The normalized spacial score (nSPS) is 20.2. The standard InChI is InChI=1S/C16H24N2O/c1-11-6-7-13(12(2)8-11)15-17-9-14(19)18(15)10-16(3,4)5/h6-8,15,17H,9-10H2,1-5H3. The predicted molar refractivity (Wildman–Crippen MR) is 77.8 cm³/mol. The summed E-state index contributed by atoms with van der Waals surface area (Å²) in [5.74, 6) is 0.194. The number of nitrogens with zero attached hydrogens (tertiary/aromatic N) is 1. The van der Waals surface area contributed by atoms with Crippen LogP contribution in [0.3, 0.4) is 0 Å². The van der Waals surface area contributed by atoms with Gasteiger partial charge in [0, 0.05) is 6.54 Å². The van der Waals surface area contributed by atoms with E-state index < -0.39 is 0 Å². The third kappa shape index (κ3) is 3.16. The van der Waals surface area contributed by atoms with Crippen LogP contribution in [0, 0.1) is 19.3 Å². The lowest BCUT2D eigenvalue weighted by Gasteiger charge is -2.32. The maximum absolute atomic E-state index is 12.1. The van der Waals surface area contributed by atoms with Gasteiger partial charge in [-0.05, 0) is 30.4 Å². The van der Waals surface area contributed by atoms with Crippen molar-refractivity contribution in [2.45, 2.75) is 40.8 Å². The molecule has 0 radical (unpaired) electrons. The number of hydrogen-bond acceptors (Lipinski definition) is 2. The lowest BCUT2D eigenvalue weighted by molar-refractivity contribution is -0.129. The van der Waals surface area contributed by atoms with Crippen LogP contribution < -0.4 is 5.32 Å². The summed E-state index contributed by atoms with van der Waals surface area (Å²) in [5, 5.41) is 3.33. The maximum atomic E-state index is 12.1. The van der Waals surface area contributed by atoms with Crippen molar-refractivity contribution in [2.24, 2.45) is 5.41 Å². The molecular formula is C16H24N2O. The molecule has 1 fully saturated rings. The van der Waals surface area contributed by atoms with E-state index in [1.807, 2.05) is 4.90 Å². The summed E-state index contributed by atoms with van der Waals surface area (Å²) in [7, 11) is 0. The van der Waals surface area contributed by atoms with E-state index in [4.69, 9.17) is 0 Å². The summed E-state index contributed by atoms with van der Waals surface area (Å²) in [6.07, 6.45) is 0.0207. The van der Waals surface area contributed by atoms with Gasteiger partial charge >= 0.3 is 0 Å². The van der Waals surface area contributed by atoms with Crippen molar-refractivity contribution in [3.63, 3.8) is 0 Å². The quantitative estimate of drug-likeness (QED) is 0.887. The first-order valence-corrected chi connectivity index (χ1v) is 6.88. The van der Waals surface area contributed by atoms with Gasteiger partial charge in [0.15, 0.2) is 0 Å². The Kier molecular flexibility index (Phi) is 3.68. The fraction of sp³-hybridized carbons (Fsp3) is 0.562. The van der Waals surface area contributed by atoms with Crippen molar-refractivity contribution in [1.29, 1.82) is 0 Å². The number of amides is 1. The summed E-state index contributed by atoms with van der Waals surface area (Å²) < 4.78 is 0. The first-order valence-electron chi connectivity index (χ1n) is 6.88. The van der Waals surface area contributed by atoms with Crippen LogP contribution in [0.1, 0.15) is 43.6 Å². The largest absolute Gasteiger partial charge is 0.321 e. The zero-order valence-corrected chi connectivity index (χ0v) is 12.6. The average molecular weight is 260 g/mol. The van der Waals surface area contributed by atoms with Gasteiger partial charge in [0.2, 0.25) is 5.91 Å². The Labute approximate surface area is 116 Å². The summed E-state index contributed by atoms with van der Waals surface area (Å²) in [4.78, 5) is 14.0. The first kappa shape index (κ1) is 14.1. The van der Waals surface area contributed by atoms with Crippen LogP contribution in [-0.4, -0.2) is 23.9 Å². The van der Waals surface area contributed by atoms with Crippen molar-refractivity contribution >= 4 is 5.91 Å². The summed E-state index contributed by atoms with van der Waals surface area (Å²) in [6.45, 7) is 11.9. The zero-order chi connectivity index (χ0) is 14.2. The van der Waals surface area contributed by atoms with Crippen molar-refractivity contribution in [3.05, 3.63) is 34.9 Å². The highest BCUT2D eigenvalue weighted by Gasteiger charge is 2.34. The van der Waals surface area contributed by atoms with Crippen LogP contribution >= 0.6 is 0 Å². The number of aryl methyl sites for hydroxylation is 2. The third-order valence-corrected chi connectivity index (χ3v) is 3.44. The molecular weight excluding hydrogens is 236 g/mol. The van der Waals surface area contributed by atoms with E-state index in [-0.39, 0.29) is 17.5 Å². The molecule has 1 aromatic rings. The van der Waals surface area contributed by atoms with E-state index >= 15 is 0 Å². The molecule has 0 spiro atoms.